The Morgan fingerprint density at radius 2 is 1.92 bits per heavy atom. The average molecular weight is 331 g/mol. The lowest BCUT2D eigenvalue weighted by Gasteiger charge is -2.19. The van der Waals surface area contributed by atoms with Crippen LogP contribution in [-0.2, 0) is 23.9 Å². The molecule has 0 saturated heterocycles. The van der Waals surface area contributed by atoms with Crippen molar-refractivity contribution in [3.05, 3.63) is 42.0 Å². The number of carbonyl (C=O) groups excluding carboxylic acids is 4. The van der Waals surface area contributed by atoms with E-state index in [0.717, 1.165) is 10.6 Å². The molecular weight excluding hydrogens is 312 g/mol. The number of ether oxygens (including phenoxy) is 1. The summed E-state index contributed by atoms with van der Waals surface area (Å²) in [5.41, 5.74) is 3.08. The van der Waals surface area contributed by atoms with Gasteiger partial charge in [0, 0.05) is 12.5 Å². The molecule has 7 nitrogen and oxygen atoms in total. The monoisotopic (exact) mass is 331 g/mol. The molecule has 127 valence electrons. The number of hydrogen-bond donors (Lipinski definition) is 1. The molecule has 0 heterocycles. The predicted molar refractivity (Wildman–Crippen MR) is 86.9 cm³/mol. The SMILES string of the molecule is CCOC(=O)CCC(=O)NN(C[C]=O)C(=O)C=Cc1ccccc1. The molecule has 0 spiro atoms. The largest absolute Gasteiger partial charge is 0.466 e. The zero-order valence-electron chi connectivity index (χ0n) is 13.4. The first-order valence-corrected chi connectivity index (χ1v) is 7.41. The lowest BCUT2D eigenvalue weighted by Crippen LogP contribution is -2.46. The molecule has 0 bridgehead atoms. The highest BCUT2D eigenvalue weighted by molar-refractivity contribution is 5.94. The molecule has 0 aliphatic carbocycles. The Balaban J connectivity index is 2.57. The summed E-state index contributed by atoms with van der Waals surface area (Å²) >= 11 is 0. The molecule has 7 heteroatoms. The van der Waals surface area contributed by atoms with E-state index >= 15 is 0 Å². The third-order valence-electron chi connectivity index (χ3n) is 2.83. The lowest BCUT2D eigenvalue weighted by molar-refractivity contribution is -0.145. The van der Waals surface area contributed by atoms with Gasteiger partial charge in [0.2, 0.25) is 12.2 Å². The fourth-order valence-corrected chi connectivity index (χ4v) is 1.71. The van der Waals surface area contributed by atoms with Gasteiger partial charge in [0.05, 0.1) is 13.0 Å². The second kappa shape index (κ2) is 10.7. The van der Waals surface area contributed by atoms with Crippen LogP contribution < -0.4 is 5.43 Å². The van der Waals surface area contributed by atoms with Crippen LogP contribution in [0.2, 0.25) is 0 Å². The zero-order chi connectivity index (χ0) is 17.8. The standard InChI is InChI=1S/C17H19N2O5/c1-2-24-17(23)11-9-15(21)18-19(12-13-20)16(22)10-8-14-6-4-3-5-7-14/h3-8,10H,2,9,11-12H2,1H3,(H,18,21). The van der Waals surface area contributed by atoms with Gasteiger partial charge in [0.25, 0.3) is 5.91 Å². The summed E-state index contributed by atoms with van der Waals surface area (Å²) < 4.78 is 4.71. The third-order valence-corrected chi connectivity index (χ3v) is 2.83. The Bertz CT molecular complexity index is 598. The lowest BCUT2D eigenvalue weighted by atomic mass is 10.2. The number of nitrogens with one attached hydrogen (secondary N) is 1. The molecule has 0 fully saturated rings. The summed E-state index contributed by atoms with van der Waals surface area (Å²) in [4.78, 5) is 45.5. The summed E-state index contributed by atoms with van der Waals surface area (Å²) in [5, 5.41) is 0.833. The summed E-state index contributed by atoms with van der Waals surface area (Å²) in [6, 6.07) is 9.09. The molecule has 0 saturated carbocycles. The zero-order valence-corrected chi connectivity index (χ0v) is 13.4. The van der Waals surface area contributed by atoms with Gasteiger partial charge in [-0.2, -0.15) is 0 Å². The number of nitrogens with zero attached hydrogens (tertiary/aromatic N) is 1. The van der Waals surface area contributed by atoms with Gasteiger partial charge < -0.3 is 4.74 Å². The number of amides is 2. The van der Waals surface area contributed by atoms with E-state index in [1.165, 1.54) is 6.08 Å². The third kappa shape index (κ3) is 7.35. The van der Waals surface area contributed by atoms with Crippen molar-refractivity contribution < 1.29 is 23.9 Å². The van der Waals surface area contributed by atoms with Gasteiger partial charge in [-0.15, -0.1) is 0 Å². The van der Waals surface area contributed by atoms with Gasteiger partial charge in [0.1, 0.15) is 6.54 Å². The minimum atomic E-state index is -0.577. The quantitative estimate of drug-likeness (QED) is 0.436. The van der Waals surface area contributed by atoms with Crippen molar-refractivity contribution in [2.45, 2.75) is 19.8 Å². The molecule has 0 atom stereocenters. The van der Waals surface area contributed by atoms with Gasteiger partial charge in [-0.25, -0.2) is 5.01 Å². The molecular formula is C17H19N2O5. The van der Waals surface area contributed by atoms with Crippen molar-refractivity contribution in [1.29, 1.82) is 0 Å². The number of rotatable bonds is 8. The second-order valence-electron chi connectivity index (χ2n) is 4.65. The van der Waals surface area contributed by atoms with Crippen molar-refractivity contribution in [3.8, 4) is 0 Å². The number of hydrogen-bond acceptors (Lipinski definition) is 5. The second-order valence-corrected chi connectivity index (χ2v) is 4.65. The van der Waals surface area contributed by atoms with E-state index in [1.54, 1.807) is 31.4 Å². The molecule has 0 aromatic heterocycles. The first kappa shape index (κ1) is 19.1. The molecule has 1 aromatic rings. The topological polar surface area (TPSA) is 92.8 Å². The van der Waals surface area contributed by atoms with Gasteiger partial charge in [0.15, 0.2) is 0 Å². The summed E-state index contributed by atoms with van der Waals surface area (Å²) in [7, 11) is 0. The van der Waals surface area contributed by atoms with Crippen molar-refractivity contribution in [2.75, 3.05) is 13.2 Å². The molecule has 1 aromatic carbocycles. The number of hydrazine groups is 1. The fraction of sp³-hybridized carbons (Fsp3) is 0.294. The minimum absolute atomic E-state index is 0.105. The van der Waals surface area contributed by atoms with Crippen LogP contribution >= 0.6 is 0 Å². The van der Waals surface area contributed by atoms with E-state index in [0.29, 0.717) is 0 Å². The van der Waals surface area contributed by atoms with Crippen LogP contribution in [-0.4, -0.2) is 42.2 Å². The molecule has 24 heavy (non-hydrogen) atoms. The van der Waals surface area contributed by atoms with Gasteiger partial charge >= 0.3 is 5.97 Å². The molecule has 0 aliphatic heterocycles. The molecule has 1 radical (unpaired) electrons. The highest BCUT2D eigenvalue weighted by Crippen LogP contribution is 2.02. The van der Waals surface area contributed by atoms with Crippen LogP contribution in [0.4, 0.5) is 0 Å². The summed E-state index contributed by atoms with van der Waals surface area (Å²) in [6.45, 7) is 1.48. The minimum Gasteiger partial charge on any atom is -0.466 e. The number of benzene rings is 1. The Morgan fingerprint density at radius 1 is 1.21 bits per heavy atom. The van der Waals surface area contributed by atoms with Crippen LogP contribution in [0.5, 0.6) is 0 Å². The van der Waals surface area contributed by atoms with E-state index in [-0.39, 0.29) is 19.4 Å². The van der Waals surface area contributed by atoms with Crippen LogP contribution in [0.1, 0.15) is 25.3 Å². The van der Waals surface area contributed by atoms with E-state index in [9.17, 15) is 19.2 Å². The maximum Gasteiger partial charge on any atom is 0.306 e. The Hall–Kier alpha value is -2.96. The highest BCUT2D eigenvalue weighted by Gasteiger charge is 2.15. The maximum absolute atomic E-state index is 12.0. The summed E-state index contributed by atoms with van der Waals surface area (Å²) in [5.74, 6) is -1.65. The van der Waals surface area contributed by atoms with Crippen LogP contribution in [0, 0.1) is 0 Å². The van der Waals surface area contributed by atoms with Crippen molar-refractivity contribution >= 4 is 30.1 Å². The Morgan fingerprint density at radius 3 is 2.54 bits per heavy atom. The summed E-state index contributed by atoms with van der Waals surface area (Å²) in [6.07, 6.45) is 4.09. The molecule has 0 unspecified atom stereocenters. The van der Waals surface area contributed by atoms with Crippen LogP contribution in [0.15, 0.2) is 36.4 Å². The normalized spacial score (nSPS) is 10.2. The van der Waals surface area contributed by atoms with Crippen molar-refractivity contribution in [1.82, 2.24) is 10.4 Å². The maximum atomic E-state index is 12.0. The van der Waals surface area contributed by atoms with Gasteiger partial charge in [-0.1, -0.05) is 30.3 Å². The molecule has 0 aliphatic rings. The van der Waals surface area contributed by atoms with E-state index in [2.05, 4.69) is 5.43 Å². The van der Waals surface area contributed by atoms with Crippen LogP contribution in [0.3, 0.4) is 0 Å². The van der Waals surface area contributed by atoms with Crippen LogP contribution in [0.25, 0.3) is 6.08 Å². The van der Waals surface area contributed by atoms with Crippen molar-refractivity contribution in [2.24, 2.45) is 0 Å². The van der Waals surface area contributed by atoms with Gasteiger partial charge in [-0.05, 0) is 18.6 Å². The number of esters is 1. The molecule has 1 N–H and O–H groups in total. The van der Waals surface area contributed by atoms with Gasteiger partial charge in [-0.3, -0.25) is 24.6 Å². The fourth-order valence-electron chi connectivity index (χ4n) is 1.71. The molecule has 1 rings (SSSR count). The number of carbonyl (C=O) groups is 3. The predicted octanol–water partition coefficient (Wildman–Crippen LogP) is 1.01. The Labute approximate surface area is 140 Å². The first-order chi connectivity index (χ1) is 11.6. The van der Waals surface area contributed by atoms with E-state index in [1.807, 2.05) is 18.2 Å². The van der Waals surface area contributed by atoms with Crippen molar-refractivity contribution in [3.63, 3.8) is 0 Å². The Kier molecular flexibility index (Phi) is 8.52. The highest BCUT2D eigenvalue weighted by atomic mass is 16.5. The van der Waals surface area contributed by atoms with E-state index < -0.39 is 24.3 Å². The smallest absolute Gasteiger partial charge is 0.306 e. The first-order valence-electron chi connectivity index (χ1n) is 7.41. The molecule has 2 amide bonds. The van der Waals surface area contributed by atoms with E-state index in [4.69, 9.17) is 4.74 Å². The average Bonchev–Trinajstić information content (AvgIpc) is 2.58.